The van der Waals surface area contributed by atoms with Crippen LogP contribution in [0.3, 0.4) is 0 Å². The number of hydrogen-bond acceptors (Lipinski definition) is 6. The molecule has 0 saturated carbocycles. The minimum absolute atomic E-state index is 0. The normalized spacial score (nSPS) is 12.3. The SMILES string of the molecule is O=C(O)C(F)(F)F.O=C(O)C(F)(F)F.O=S(=O)(O)C(F)(F)F.O=S(=O)(O)C(F)(F)F.[V]. The van der Waals surface area contributed by atoms with Crippen LogP contribution in [-0.2, 0) is 48.4 Å². The fourth-order valence-electron chi connectivity index (χ4n) is 0. The zero-order valence-electron chi connectivity index (χ0n) is 13.0. The van der Waals surface area contributed by atoms with Crippen LogP contribution in [0.15, 0.2) is 0 Å². The predicted molar refractivity (Wildman–Crippen MR) is 62.6 cm³/mol. The van der Waals surface area contributed by atoms with E-state index in [1.165, 1.54) is 0 Å². The van der Waals surface area contributed by atoms with E-state index in [4.69, 9.17) is 45.7 Å². The number of rotatable bonds is 0. The van der Waals surface area contributed by atoms with Crippen molar-refractivity contribution in [3.8, 4) is 0 Å². The predicted octanol–water partition coefficient (Wildman–Crippen LogP) is 2.05. The molecule has 0 aromatic rings. The van der Waals surface area contributed by atoms with Gasteiger partial charge >= 0.3 is 55.5 Å². The molecule has 0 spiro atoms. The van der Waals surface area contributed by atoms with Crippen LogP contribution in [0.25, 0.3) is 0 Å². The summed E-state index contributed by atoms with van der Waals surface area (Å²) in [6.45, 7) is 0. The smallest absolute Gasteiger partial charge is 0.475 e. The zero-order valence-corrected chi connectivity index (χ0v) is 16.1. The van der Waals surface area contributed by atoms with Crippen molar-refractivity contribution in [2.75, 3.05) is 0 Å². The Morgan fingerprint density at radius 3 is 0.581 bits per heavy atom. The van der Waals surface area contributed by atoms with Crippen molar-refractivity contribution in [1.82, 2.24) is 0 Å². The Morgan fingerprint density at radius 1 is 0.516 bits per heavy atom. The third kappa shape index (κ3) is 24.6. The van der Waals surface area contributed by atoms with E-state index in [-0.39, 0.29) is 18.6 Å². The van der Waals surface area contributed by atoms with Gasteiger partial charge in [0.05, 0.1) is 0 Å². The summed E-state index contributed by atoms with van der Waals surface area (Å²) in [5.41, 5.74) is -11.1. The zero-order chi connectivity index (χ0) is 26.2. The molecule has 0 aromatic heterocycles. The third-order valence-corrected chi connectivity index (χ3v) is 2.24. The third-order valence-electron chi connectivity index (χ3n) is 1.07. The van der Waals surface area contributed by atoms with Crippen molar-refractivity contribution in [2.24, 2.45) is 0 Å². The number of carboxylic acids is 2. The van der Waals surface area contributed by atoms with Crippen LogP contribution in [0.4, 0.5) is 52.7 Å². The maximum absolute atomic E-state index is 10.7. The number of carboxylic acid groups (broad SMARTS) is 2. The van der Waals surface area contributed by atoms with Gasteiger partial charge in [0.25, 0.3) is 0 Å². The van der Waals surface area contributed by atoms with Crippen LogP contribution < -0.4 is 0 Å². The molecular formula is C6H4F12O10S2V. The molecule has 4 N–H and O–H groups in total. The van der Waals surface area contributed by atoms with Gasteiger partial charge in [-0.05, 0) is 0 Å². The molecule has 0 bridgehead atoms. The fraction of sp³-hybridized carbons (Fsp3) is 0.667. The minimum Gasteiger partial charge on any atom is -0.475 e. The molecule has 189 valence electrons. The molecule has 0 aromatic carbocycles. The van der Waals surface area contributed by atoms with Gasteiger partial charge in [-0.1, -0.05) is 0 Å². The van der Waals surface area contributed by atoms with Crippen LogP contribution in [-0.4, -0.2) is 71.5 Å². The van der Waals surface area contributed by atoms with E-state index in [1.54, 1.807) is 0 Å². The molecule has 31 heavy (non-hydrogen) atoms. The quantitative estimate of drug-likeness (QED) is 0.188. The van der Waals surface area contributed by atoms with Gasteiger partial charge in [-0.25, -0.2) is 9.59 Å². The van der Waals surface area contributed by atoms with Gasteiger partial charge in [0.2, 0.25) is 0 Å². The van der Waals surface area contributed by atoms with Gasteiger partial charge in [-0.2, -0.15) is 69.5 Å². The first-order valence-corrected chi connectivity index (χ1v) is 7.94. The Hall–Kier alpha value is -1.50. The van der Waals surface area contributed by atoms with Gasteiger partial charge in [0, 0.05) is 18.6 Å². The van der Waals surface area contributed by atoms with Gasteiger partial charge in [-0.15, -0.1) is 0 Å². The molecule has 0 saturated heterocycles. The summed E-state index contributed by atoms with van der Waals surface area (Å²) in [7, 11) is -11.7. The van der Waals surface area contributed by atoms with Crippen LogP contribution in [0, 0.1) is 0 Å². The fourth-order valence-corrected chi connectivity index (χ4v) is 0. The van der Waals surface area contributed by atoms with E-state index >= 15 is 0 Å². The Morgan fingerprint density at radius 2 is 0.581 bits per heavy atom. The van der Waals surface area contributed by atoms with Crippen molar-refractivity contribution in [1.29, 1.82) is 0 Å². The summed E-state index contributed by atoms with van der Waals surface area (Å²) >= 11 is 0. The summed E-state index contributed by atoms with van der Waals surface area (Å²) in [5.74, 6) is -5.51. The second-order valence-corrected chi connectivity index (χ2v) is 6.27. The van der Waals surface area contributed by atoms with Crippen molar-refractivity contribution < 1.29 is 117 Å². The molecule has 0 rings (SSSR count). The van der Waals surface area contributed by atoms with Crippen molar-refractivity contribution in [3.63, 3.8) is 0 Å². The molecule has 0 aliphatic rings. The second kappa shape index (κ2) is 13.1. The van der Waals surface area contributed by atoms with Gasteiger partial charge in [-0.3, -0.25) is 9.11 Å². The molecule has 0 unspecified atom stereocenters. The minimum atomic E-state index is -5.84. The summed E-state index contributed by atoms with van der Waals surface area (Å²) < 4.78 is 179. The molecule has 10 nitrogen and oxygen atoms in total. The maximum Gasteiger partial charge on any atom is 0.522 e. The molecule has 0 heterocycles. The van der Waals surface area contributed by atoms with Crippen LogP contribution >= 0.6 is 0 Å². The molecule has 25 heteroatoms. The first kappa shape index (κ1) is 39.9. The van der Waals surface area contributed by atoms with E-state index in [9.17, 15) is 52.7 Å². The Kier molecular flexibility index (Phi) is 16.9. The van der Waals surface area contributed by atoms with Gasteiger partial charge in [0.1, 0.15) is 0 Å². The standard InChI is InChI=1S/2C2HF3O2.2CHF3O3S.V/c2*3-2(4,5)1(6)7;2*2-1(3,4)8(5,6)7;/h2*(H,6,7);2*(H,5,6,7);. The summed E-state index contributed by atoms with van der Waals surface area (Å²) in [6.07, 6.45) is -10.2. The van der Waals surface area contributed by atoms with Crippen LogP contribution in [0.1, 0.15) is 0 Å². The Bertz CT molecular complexity index is 694. The number of carbonyl (C=O) groups is 2. The Labute approximate surface area is 173 Å². The largest absolute Gasteiger partial charge is 0.522 e. The van der Waals surface area contributed by atoms with Gasteiger partial charge in [0.15, 0.2) is 0 Å². The summed E-state index contributed by atoms with van der Waals surface area (Å²) in [5, 5.41) is 14.2. The number of aliphatic carboxylic acids is 2. The van der Waals surface area contributed by atoms with E-state index in [0.717, 1.165) is 0 Å². The van der Waals surface area contributed by atoms with E-state index < -0.39 is 55.5 Å². The first-order valence-electron chi connectivity index (χ1n) is 5.06. The molecule has 0 fully saturated rings. The number of alkyl halides is 12. The molecule has 0 aliphatic heterocycles. The topological polar surface area (TPSA) is 183 Å². The number of halogens is 12. The molecule has 0 amide bonds. The number of hydrogen-bond donors (Lipinski definition) is 4. The summed E-state index contributed by atoms with van der Waals surface area (Å²) in [4.78, 5) is 17.8. The molecule has 0 atom stereocenters. The Balaban J connectivity index is -0.0000000961. The first-order chi connectivity index (χ1) is 12.4. The summed E-state index contributed by atoms with van der Waals surface area (Å²) in [6, 6.07) is 0. The molecule has 0 aliphatic carbocycles. The van der Waals surface area contributed by atoms with Crippen LogP contribution in [0.2, 0.25) is 0 Å². The average molecular weight is 579 g/mol. The second-order valence-electron chi connectivity index (χ2n) is 3.45. The monoisotopic (exact) mass is 579 g/mol. The van der Waals surface area contributed by atoms with Crippen molar-refractivity contribution >= 4 is 32.2 Å². The van der Waals surface area contributed by atoms with Gasteiger partial charge < -0.3 is 10.2 Å². The van der Waals surface area contributed by atoms with Crippen molar-refractivity contribution in [2.45, 2.75) is 23.4 Å². The van der Waals surface area contributed by atoms with E-state index in [0.29, 0.717) is 0 Å². The van der Waals surface area contributed by atoms with Crippen molar-refractivity contribution in [3.05, 3.63) is 0 Å². The van der Waals surface area contributed by atoms with E-state index in [1.807, 2.05) is 0 Å². The van der Waals surface area contributed by atoms with E-state index in [2.05, 4.69) is 0 Å². The molecular weight excluding hydrogens is 575 g/mol. The average Bonchev–Trinajstić information content (AvgIpc) is 2.33. The van der Waals surface area contributed by atoms with Crippen LogP contribution in [0.5, 0.6) is 0 Å². The maximum atomic E-state index is 10.7. The molecule has 1 radical (unpaired) electrons.